The second-order valence-electron chi connectivity index (χ2n) is 3.92. The zero-order valence-corrected chi connectivity index (χ0v) is 9.17. The van der Waals surface area contributed by atoms with E-state index in [1.54, 1.807) is 0 Å². The summed E-state index contributed by atoms with van der Waals surface area (Å²) in [5, 5.41) is 37.9. The van der Waals surface area contributed by atoms with Crippen LogP contribution in [0, 0.1) is 0 Å². The zero-order chi connectivity index (χ0) is 13.4. The van der Waals surface area contributed by atoms with E-state index < -0.39 is 42.9 Å². The molecule has 1 fully saturated rings. The Hall–Kier alpha value is -1.68. The van der Waals surface area contributed by atoms with Crippen LogP contribution in [0.25, 0.3) is 0 Å². The summed E-state index contributed by atoms with van der Waals surface area (Å²) >= 11 is 0. The molecular formula is C9H13N3O6. The number of aromatic nitrogens is 2. The third-order valence-corrected chi connectivity index (χ3v) is 2.79. The summed E-state index contributed by atoms with van der Waals surface area (Å²) < 4.78 is 6.12. The Morgan fingerprint density at radius 2 is 2.17 bits per heavy atom. The number of aromatic hydroxyl groups is 1. The fraction of sp³-hybridized carbons (Fsp3) is 0.556. The van der Waals surface area contributed by atoms with Gasteiger partial charge in [-0.1, -0.05) is 0 Å². The van der Waals surface area contributed by atoms with Crippen molar-refractivity contribution in [3.05, 3.63) is 12.0 Å². The fourth-order valence-electron chi connectivity index (χ4n) is 1.82. The first kappa shape index (κ1) is 12.8. The van der Waals surface area contributed by atoms with Crippen molar-refractivity contribution in [1.29, 1.82) is 0 Å². The quantitative estimate of drug-likeness (QED) is 0.396. The van der Waals surface area contributed by atoms with Crippen molar-refractivity contribution in [2.75, 3.05) is 6.61 Å². The standard InChI is InChI=1S/C9H13N3O6/c10-7(16)4-8(17)12(2-11-4)9-6(15)5(14)3(1-13)18-9/h2-3,5-6,9,13-15,17H,1H2,(H2,10,16)/t3-,5-,6-,9+/m1/s1. The highest BCUT2D eigenvalue weighted by Crippen LogP contribution is 2.32. The topological polar surface area (TPSA) is 151 Å². The molecule has 0 unspecified atom stereocenters. The van der Waals surface area contributed by atoms with Crippen molar-refractivity contribution < 1.29 is 30.0 Å². The van der Waals surface area contributed by atoms with Gasteiger partial charge in [-0.2, -0.15) is 0 Å². The summed E-state index contributed by atoms with van der Waals surface area (Å²) in [5.41, 5.74) is 4.61. The lowest BCUT2D eigenvalue weighted by atomic mass is 10.1. The average molecular weight is 259 g/mol. The Balaban J connectivity index is 2.30. The number of primary amides is 1. The van der Waals surface area contributed by atoms with Crippen LogP contribution in [0.4, 0.5) is 0 Å². The highest BCUT2D eigenvalue weighted by molar-refractivity contribution is 5.92. The molecule has 9 nitrogen and oxygen atoms in total. The minimum absolute atomic E-state index is 0.368. The number of carbonyl (C=O) groups excluding carboxylic acids is 1. The molecule has 0 bridgehead atoms. The van der Waals surface area contributed by atoms with Crippen LogP contribution in [0.3, 0.4) is 0 Å². The number of ether oxygens (including phenoxy) is 1. The molecule has 0 aromatic carbocycles. The molecule has 0 aliphatic carbocycles. The third kappa shape index (κ3) is 1.82. The van der Waals surface area contributed by atoms with Crippen molar-refractivity contribution in [2.45, 2.75) is 24.5 Å². The maximum atomic E-state index is 10.9. The summed E-state index contributed by atoms with van der Waals surface area (Å²) in [5.74, 6) is -1.50. The number of amides is 1. The molecule has 18 heavy (non-hydrogen) atoms. The van der Waals surface area contributed by atoms with Crippen LogP contribution in [-0.2, 0) is 4.74 Å². The predicted octanol–water partition coefficient (Wildman–Crippen LogP) is -2.70. The minimum atomic E-state index is -1.37. The molecule has 100 valence electrons. The SMILES string of the molecule is NC(=O)c1ncn([C@H]2O[C@H](CO)[C@@H](O)[C@H]2O)c1O. The number of hydrogen-bond donors (Lipinski definition) is 5. The van der Waals surface area contributed by atoms with Gasteiger partial charge in [0.15, 0.2) is 11.9 Å². The maximum absolute atomic E-state index is 10.9. The number of aliphatic hydroxyl groups excluding tert-OH is 3. The molecule has 6 N–H and O–H groups in total. The third-order valence-electron chi connectivity index (χ3n) is 2.79. The summed E-state index contributed by atoms with van der Waals surface area (Å²) in [6.07, 6.45) is -3.76. The normalized spacial score (nSPS) is 31.7. The molecule has 2 rings (SSSR count). The van der Waals surface area contributed by atoms with E-state index in [2.05, 4.69) is 4.98 Å². The number of rotatable bonds is 3. The first-order chi connectivity index (χ1) is 8.47. The van der Waals surface area contributed by atoms with Gasteiger partial charge in [0.2, 0.25) is 5.88 Å². The van der Waals surface area contributed by atoms with Gasteiger partial charge < -0.3 is 30.9 Å². The molecule has 1 aromatic heterocycles. The van der Waals surface area contributed by atoms with Crippen molar-refractivity contribution >= 4 is 5.91 Å². The van der Waals surface area contributed by atoms with Gasteiger partial charge in [-0.05, 0) is 0 Å². The van der Waals surface area contributed by atoms with Crippen molar-refractivity contribution in [2.24, 2.45) is 5.73 Å². The lowest BCUT2D eigenvalue weighted by molar-refractivity contribution is -0.0553. The Morgan fingerprint density at radius 3 is 2.61 bits per heavy atom. The lowest BCUT2D eigenvalue weighted by Gasteiger charge is -2.16. The highest BCUT2D eigenvalue weighted by Gasteiger charge is 2.44. The van der Waals surface area contributed by atoms with E-state index in [0.717, 1.165) is 10.9 Å². The summed E-state index contributed by atoms with van der Waals surface area (Å²) in [6, 6.07) is 0. The Labute approximate surface area is 101 Å². The fourth-order valence-corrected chi connectivity index (χ4v) is 1.82. The van der Waals surface area contributed by atoms with Gasteiger partial charge in [0, 0.05) is 0 Å². The second-order valence-corrected chi connectivity index (χ2v) is 3.92. The second kappa shape index (κ2) is 4.53. The van der Waals surface area contributed by atoms with Crippen LogP contribution in [0.2, 0.25) is 0 Å². The van der Waals surface area contributed by atoms with E-state index in [1.807, 2.05) is 0 Å². The Morgan fingerprint density at radius 1 is 1.50 bits per heavy atom. The van der Waals surface area contributed by atoms with Crippen LogP contribution in [0.15, 0.2) is 6.33 Å². The van der Waals surface area contributed by atoms with Crippen molar-refractivity contribution in [3.8, 4) is 5.88 Å². The number of carbonyl (C=O) groups is 1. The van der Waals surface area contributed by atoms with Crippen LogP contribution in [-0.4, -0.2) is 60.8 Å². The van der Waals surface area contributed by atoms with E-state index in [1.165, 1.54) is 0 Å². The van der Waals surface area contributed by atoms with Gasteiger partial charge in [-0.15, -0.1) is 0 Å². The van der Waals surface area contributed by atoms with Gasteiger partial charge in [0.1, 0.15) is 24.6 Å². The van der Waals surface area contributed by atoms with Gasteiger partial charge >= 0.3 is 0 Å². The molecule has 1 aliphatic rings. The number of aliphatic hydroxyl groups is 3. The molecule has 2 heterocycles. The number of imidazole rings is 1. The monoisotopic (exact) mass is 259 g/mol. The molecule has 1 amide bonds. The summed E-state index contributed by atoms with van der Waals surface area (Å²) in [4.78, 5) is 14.5. The van der Waals surface area contributed by atoms with E-state index in [-0.39, 0.29) is 5.69 Å². The van der Waals surface area contributed by atoms with Crippen LogP contribution >= 0.6 is 0 Å². The van der Waals surface area contributed by atoms with Gasteiger partial charge in [-0.25, -0.2) is 4.98 Å². The average Bonchev–Trinajstić information content (AvgIpc) is 2.82. The zero-order valence-electron chi connectivity index (χ0n) is 9.17. The van der Waals surface area contributed by atoms with E-state index in [0.29, 0.717) is 0 Å². The summed E-state index contributed by atoms with van der Waals surface area (Å²) in [6.45, 7) is -0.493. The van der Waals surface area contributed by atoms with E-state index in [9.17, 15) is 20.1 Å². The molecule has 1 aromatic rings. The highest BCUT2D eigenvalue weighted by atomic mass is 16.6. The van der Waals surface area contributed by atoms with Gasteiger partial charge in [0.05, 0.1) is 6.61 Å². The number of nitrogens with zero attached hydrogens (tertiary/aromatic N) is 2. The molecule has 1 aliphatic heterocycles. The summed E-state index contributed by atoms with van der Waals surface area (Å²) in [7, 11) is 0. The minimum Gasteiger partial charge on any atom is -0.493 e. The van der Waals surface area contributed by atoms with Crippen molar-refractivity contribution in [3.63, 3.8) is 0 Å². The molecule has 0 radical (unpaired) electrons. The van der Waals surface area contributed by atoms with Gasteiger partial charge in [0.25, 0.3) is 5.91 Å². The van der Waals surface area contributed by atoms with Crippen LogP contribution in [0.1, 0.15) is 16.7 Å². The lowest BCUT2D eigenvalue weighted by Crippen LogP contribution is -2.33. The molecule has 1 saturated heterocycles. The molecule has 9 heteroatoms. The predicted molar refractivity (Wildman–Crippen MR) is 55.4 cm³/mol. The molecule has 0 spiro atoms. The van der Waals surface area contributed by atoms with E-state index >= 15 is 0 Å². The van der Waals surface area contributed by atoms with Crippen molar-refractivity contribution in [1.82, 2.24) is 9.55 Å². The van der Waals surface area contributed by atoms with Gasteiger partial charge in [-0.3, -0.25) is 9.36 Å². The van der Waals surface area contributed by atoms with E-state index in [4.69, 9.17) is 15.6 Å². The first-order valence-corrected chi connectivity index (χ1v) is 5.15. The number of nitrogens with two attached hydrogens (primary N) is 1. The van der Waals surface area contributed by atoms with Crippen LogP contribution in [0.5, 0.6) is 5.88 Å². The first-order valence-electron chi connectivity index (χ1n) is 5.15. The number of hydrogen-bond acceptors (Lipinski definition) is 7. The Kier molecular flexibility index (Phi) is 3.22. The largest absolute Gasteiger partial charge is 0.493 e. The molecule has 4 atom stereocenters. The van der Waals surface area contributed by atoms with Crippen LogP contribution < -0.4 is 5.73 Å². The maximum Gasteiger partial charge on any atom is 0.272 e. The smallest absolute Gasteiger partial charge is 0.272 e. The Bertz CT molecular complexity index is 461. The molecule has 0 saturated carbocycles. The molecular weight excluding hydrogens is 246 g/mol.